The van der Waals surface area contributed by atoms with Gasteiger partial charge in [0.05, 0.1) is 52.5 Å². The first-order valence-corrected chi connectivity index (χ1v) is 16.2. The van der Waals surface area contributed by atoms with Gasteiger partial charge in [0, 0.05) is 21.8 Å². The van der Waals surface area contributed by atoms with E-state index < -0.39 is 0 Å². The van der Waals surface area contributed by atoms with Crippen molar-refractivity contribution in [1.82, 2.24) is 9.13 Å². The van der Waals surface area contributed by atoms with Crippen LogP contribution in [0.25, 0.3) is 86.9 Å². The SMILES string of the molecule is [C-]#[N+]c1ccc(-c2ccc(-n3c4ccccc4c4ccccc43)cc2)cc1-c1ccccc1-n1c2ccc(C#N)cc2c2cccc([N+]#[C-])c21. The summed E-state index contributed by atoms with van der Waals surface area (Å²) in [7, 11) is 0. The lowest BCUT2D eigenvalue weighted by molar-refractivity contribution is 1.18. The molecule has 0 saturated carbocycles. The van der Waals surface area contributed by atoms with Crippen molar-refractivity contribution in [3.05, 3.63) is 180 Å². The van der Waals surface area contributed by atoms with E-state index in [1.54, 1.807) is 0 Å². The number of nitriles is 1. The minimum atomic E-state index is 0.523. The quantitative estimate of drug-likeness (QED) is 0.177. The number of fused-ring (bicyclic) bond motifs is 6. The minimum absolute atomic E-state index is 0.523. The number of para-hydroxylation sites is 4. The van der Waals surface area contributed by atoms with Crippen LogP contribution in [0.4, 0.5) is 11.4 Å². The predicted octanol–water partition coefficient (Wildman–Crippen LogP) is 12.2. The standard InChI is InChI=1S/C45H25N5/c1-47-39-24-21-31(30-19-22-32(23-20-30)49-41-15-6-3-10-33(41)34-11-4-7-16-42(34)49)27-37(39)35-12-5-8-17-43(35)50-44-25-18-29(28-46)26-38(44)36-13-9-14-40(48-2)45(36)50/h3-27H. The van der Waals surface area contributed by atoms with Crippen molar-refractivity contribution in [3.8, 4) is 39.7 Å². The smallest absolute Gasteiger partial charge is 0.211 e. The number of hydrogen-bond donors (Lipinski definition) is 0. The second-order valence-corrected chi connectivity index (χ2v) is 12.2. The van der Waals surface area contributed by atoms with Crippen molar-refractivity contribution in [3.63, 3.8) is 0 Å². The monoisotopic (exact) mass is 635 g/mol. The maximum atomic E-state index is 9.68. The van der Waals surface area contributed by atoms with Gasteiger partial charge in [-0.05, 0) is 76.2 Å². The summed E-state index contributed by atoms with van der Waals surface area (Å²) in [6.07, 6.45) is 0. The van der Waals surface area contributed by atoms with E-state index in [1.165, 1.54) is 10.8 Å². The Morgan fingerprint density at radius 1 is 0.480 bits per heavy atom. The summed E-state index contributed by atoms with van der Waals surface area (Å²) in [6.45, 7) is 16.1. The molecule has 0 aliphatic carbocycles. The fraction of sp³-hybridized carbons (Fsp3) is 0. The summed E-state index contributed by atoms with van der Waals surface area (Å²) in [4.78, 5) is 7.83. The van der Waals surface area contributed by atoms with Crippen LogP contribution < -0.4 is 0 Å². The van der Waals surface area contributed by atoms with Crippen LogP contribution in [-0.4, -0.2) is 9.13 Å². The molecule has 2 aromatic heterocycles. The molecule has 0 spiro atoms. The van der Waals surface area contributed by atoms with E-state index in [0.29, 0.717) is 16.9 Å². The van der Waals surface area contributed by atoms with Crippen molar-refractivity contribution in [2.75, 3.05) is 0 Å². The predicted molar refractivity (Wildman–Crippen MR) is 203 cm³/mol. The molecule has 0 saturated heterocycles. The molecular weight excluding hydrogens is 611 g/mol. The Hall–Kier alpha value is -7.39. The molecule has 0 fully saturated rings. The first kappa shape index (κ1) is 28.8. The normalized spacial score (nSPS) is 11.1. The maximum Gasteiger partial charge on any atom is 0.211 e. The van der Waals surface area contributed by atoms with E-state index in [-0.39, 0.29) is 0 Å². The van der Waals surface area contributed by atoms with Gasteiger partial charge < -0.3 is 9.13 Å². The first-order chi connectivity index (χ1) is 24.7. The first-order valence-electron chi connectivity index (χ1n) is 16.2. The Morgan fingerprint density at radius 2 is 1.12 bits per heavy atom. The zero-order valence-corrected chi connectivity index (χ0v) is 26.7. The highest BCUT2D eigenvalue weighted by Crippen LogP contribution is 2.43. The molecule has 0 aliphatic rings. The summed E-state index contributed by atoms with van der Waals surface area (Å²) in [5.41, 5.74) is 11.3. The number of rotatable bonds is 4. The van der Waals surface area contributed by atoms with Crippen LogP contribution in [0.1, 0.15) is 5.56 Å². The zero-order chi connectivity index (χ0) is 33.8. The van der Waals surface area contributed by atoms with Crippen molar-refractivity contribution < 1.29 is 0 Å². The molecule has 7 aromatic carbocycles. The molecule has 9 rings (SSSR count). The zero-order valence-electron chi connectivity index (χ0n) is 26.7. The van der Waals surface area contributed by atoms with E-state index >= 15 is 0 Å². The highest BCUT2D eigenvalue weighted by molar-refractivity contribution is 6.14. The second-order valence-electron chi connectivity index (χ2n) is 12.2. The molecule has 0 unspecified atom stereocenters. The van der Waals surface area contributed by atoms with Crippen LogP contribution >= 0.6 is 0 Å². The van der Waals surface area contributed by atoms with Crippen molar-refractivity contribution in [2.24, 2.45) is 0 Å². The average molecular weight is 636 g/mol. The van der Waals surface area contributed by atoms with Gasteiger partial charge in [0.1, 0.15) is 0 Å². The van der Waals surface area contributed by atoms with Gasteiger partial charge in [-0.25, -0.2) is 9.69 Å². The lowest BCUT2D eigenvalue weighted by Gasteiger charge is -2.17. The van der Waals surface area contributed by atoms with Gasteiger partial charge in [-0.1, -0.05) is 103 Å². The Kier molecular flexibility index (Phi) is 6.56. The topological polar surface area (TPSA) is 42.4 Å². The fourth-order valence-corrected chi connectivity index (χ4v) is 7.39. The molecule has 230 valence electrons. The molecule has 9 aromatic rings. The minimum Gasteiger partial charge on any atom is -0.318 e. The van der Waals surface area contributed by atoms with Crippen molar-refractivity contribution in [1.29, 1.82) is 5.26 Å². The van der Waals surface area contributed by atoms with Crippen LogP contribution in [0, 0.1) is 24.5 Å². The summed E-state index contributed by atoms with van der Waals surface area (Å²) >= 11 is 0. The molecule has 0 bridgehead atoms. The van der Waals surface area contributed by atoms with E-state index in [0.717, 1.165) is 66.5 Å². The largest absolute Gasteiger partial charge is 0.318 e. The Balaban J connectivity index is 1.21. The van der Waals surface area contributed by atoms with Crippen molar-refractivity contribution >= 4 is 55.0 Å². The lowest BCUT2D eigenvalue weighted by Crippen LogP contribution is -1.98. The fourth-order valence-electron chi connectivity index (χ4n) is 7.39. The van der Waals surface area contributed by atoms with Crippen LogP contribution in [0.2, 0.25) is 0 Å². The van der Waals surface area contributed by atoms with Crippen LogP contribution in [0.15, 0.2) is 152 Å². The van der Waals surface area contributed by atoms with Gasteiger partial charge >= 0.3 is 0 Å². The van der Waals surface area contributed by atoms with Crippen LogP contribution in [-0.2, 0) is 0 Å². The highest BCUT2D eigenvalue weighted by atomic mass is 15.0. The third kappa shape index (κ3) is 4.31. The second kappa shape index (κ2) is 11.4. The number of benzene rings is 7. The van der Waals surface area contributed by atoms with Gasteiger partial charge in [0.25, 0.3) is 0 Å². The molecule has 2 heterocycles. The molecule has 0 atom stereocenters. The third-order valence-corrected chi connectivity index (χ3v) is 9.61. The molecule has 0 amide bonds. The van der Waals surface area contributed by atoms with E-state index in [9.17, 15) is 5.26 Å². The molecule has 0 aliphatic heterocycles. The van der Waals surface area contributed by atoms with Gasteiger partial charge in [-0.15, -0.1) is 0 Å². The molecule has 5 nitrogen and oxygen atoms in total. The van der Waals surface area contributed by atoms with Gasteiger partial charge in [0.2, 0.25) is 5.69 Å². The number of aromatic nitrogens is 2. The van der Waals surface area contributed by atoms with Crippen LogP contribution in [0.3, 0.4) is 0 Å². The Bertz CT molecular complexity index is 2900. The van der Waals surface area contributed by atoms with E-state index in [2.05, 4.69) is 104 Å². The summed E-state index contributed by atoms with van der Waals surface area (Å²) < 4.78 is 4.41. The van der Waals surface area contributed by atoms with E-state index in [4.69, 9.17) is 13.1 Å². The lowest BCUT2D eigenvalue weighted by atomic mass is 9.96. The average Bonchev–Trinajstić information content (AvgIpc) is 3.70. The van der Waals surface area contributed by atoms with Gasteiger partial charge in [0.15, 0.2) is 5.69 Å². The molecular formula is C45H25N5. The summed E-state index contributed by atoms with van der Waals surface area (Å²) in [5, 5.41) is 13.9. The number of hydrogen-bond acceptors (Lipinski definition) is 1. The molecule has 50 heavy (non-hydrogen) atoms. The number of nitrogens with zero attached hydrogens (tertiary/aromatic N) is 5. The van der Waals surface area contributed by atoms with E-state index in [1.807, 2.05) is 72.8 Å². The highest BCUT2D eigenvalue weighted by Gasteiger charge is 2.20. The summed E-state index contributed by atoms with van der Waals surface area (Å²) in [6, 6.07) is 53.3. The van der Waals surface area contributed by atoms with Crippen molar-refractivity contribution in [2.45, 2.75) is 0 Å². The van der Waals surface area contributed by atoms with Gasteiger partial charge in [-0.3, -0.25) is 0 Å². The maximum absolute atomic E-state index is 9.68. The third-order valence-electron chi connectivity index (χ3n) is 9.61. The van der Waals surface area contributed by atoms with Crippen LogP contribution in [0.5, 0.6) is 0 Å². The molecule has 5 heteroatoms. The Morgan fingerprint density at radius 3 is 1.84 bits per heavy atom. The molecule has 0 radical (unpaired) electrons. The summed E-state index contributed by atoms with van der Waals surface area (Å²) in [5.74, 6) is 0. The molecule has 0 N–H and O–H groups in total. The van der Waals surface area contributed by atoms with Gasteiger partial charge in [-0.2, -0.15) is 5.26 Å². The Labute approximate surface area is 288 Å².